The van der Waals surface area contributed by atoms with E-state index in [0.29, 0.717) is 12.5 Å². The molecular formula is C21H31BO4. The van der Waals surface area contributed by atoms with Gasteiger partial charge in [-0.2, -0.15) is 0 Å². The summed E-state index contributed by atoms with van der Waals surface area (Å²) in [4.78, 5) is 11.9. The zero-order valence-corrected chi connectivity index (χ0v) is 16.7. The molecule has 0 atom stereocenters. The Morgan fingerprint density at radius 2 is 1.58 bits per heavy atom. The number of carbonyl (C=O) groups is 1. The molecule has 2 aliphatic rings. The van der Waals surface area contributed by atoms with Gasteiger partial charge in [-0.1, -0.05) is 24.3 Å². The van der Waals surface area contributed by atoms with Gasteiger partial charge in [-0.25, -0.2) is 0 Å². The largest absolute Gasteiger partial charge is 0.494 e. The molecule has 142 valence electrons. The molecule has 5 heteroatoms. The lowest BCUT2D eigenvalue weighted by Crippen LogP contribution is -2.41. The lowest BCUT2D eigenvalue weighted by molar-refractivity contribution is -0.149. The van der Waals surface area contributed by atoms with E-state index in [2.05, 4.69) is 52.0 Å². The van der Waals surface area contributed by atoms with E-state index in [1.54, 1.807) is 0 Å². The van der Waals surface area contributed by atoms with Gasteiger partial charge in [0.1, 0.15) is 0 Å². The highest BCUT2D eigenvalue weighted by Crippen LogP contribution is 2.38. The van der Waals surface area contributed by atoms with Crippen molar-refractivity contribution in [2.45, 2.75) is 77.4 Å². The molecule has 0 N–H and O–H groups in total. The molecule has 1 saturated carbocycles. The summed E-state index contributed by atoms with van der Waals surface area (Å²) in [6, 6.07) is 8.62. The number of benzene rings is 1. The Morgan fingerprint density at radius 3 is 2.08 bits per heavy atom. The van der Waals surface area contributed by atoms with Crippen LogP contribution in [0.3, 0.4) is 0 Å². The van der Waals surface area contributed by atoms with Gasteiger partial charge in [0.25, 0.3) is 0 Å². The van der Waals surface area contributed by atoms with Gasteiger partial charge >= 0.3 is 13.1 Å². The first-order valence-corrected chi connectivity index (χ1v) is 9.85. The van der Waals surface area contributed by atoms with Crippen molar-refractivity contribution in [3.8, 4) is 0 Å². The summed E-state index contributed by atoms with van der Waals surface area (Å²) >= 11 is 0. The number of esters is 1. The van der Waals surface area contributed by atoms with E-state index in [9.17, 15) is 4.79 Å². The molecule has 0 amide bonds. The smallest absolute Gasteiger partial charge is 0.466 e. The summed E-state index contributed by atoms with van der Waals surface area (Å²) in [6.07, 6.45) is 3.92. The molecule has 4 nitrogen and oxygen atoms in total. The Kier molecular flexibility index (Phi) is 5.50. The fourth-order valence-corrected chi connectivity index (χ4v) is 3.83. The first-order chi connectivity index (χ1) is 12.2. The fourth-order valence-electron chi connectivity index (χ4n) is 3.83. The minimum absolute atomic E-state index is 0.0259. The number of rotatable bonds is 4. The average Bonchev–Trinajstić information content (AvgIpc) is 2.83. The number of hydrogen-bond donors (Lipinski definition) is 0. The molecule has 0 unspecified atom stereocenters. The SMILES string of the molecule is CCOC(=O)C1CCC(c2ccc(B3OC(C)(C)C(C)(C)O3)cc2)CC1. The summed E-state index contributed by atoms with van der Waals surface area (Å²) in [7, 11) is -0.311. The molecule has 26 heavy (non-hydrogen) atoms. The second kappa shape index (κ2) is 7.36. The molecule has 1 heterocycles. The zero-order chi connectivity index (χ0) is 18.9. The third-order valence-electron chi connectivity index (χ3n) is 6.28. The van der Waals surface area contributed by atoms with E-state index in [0.717, 1.165) is 31.1 Å². The quantitative estimate of drug-likeness (QED) is 0.606. The summed E-state index contributed by atoms with van der Waals surface area (Å²) in [5, 5.41) is 0. The van der Waals surface area contributed by atoms with Gasteiger partial charge in [0, 0.05) is 0 Å². The van der Waals surface area contributed by atoms with Crippen LogP contribution in [-0.2, 0) is 18.8 Å². The molecule has 1 aliphatic heterocycles. The average molecular weight is 358 g/mol. The van der Waals surface area contributed by atoms with E-state index in [1.807, 2.05) is 6.92 Å². The van der Waals surface area contributed by atoms with Gasteiger partial charge in [0.2, 0.25) is 0 Å². The monoisotopic (exact) mass is 358 g/mol. The van der Waals surface area contributed by atoms with Crippen LogP contribution in [0.4, 0.5) is 0 Å². The lowest BCUT2D eigenvalue weighted by atomic mass is 9.75. The van der Waals surface area contributed by atoms with Gasteiger partial charge in [-0.3, -0.25) is 4.79 Å². The normalized spacial score (nSPS) is 27.3. The summed E-state index contributed by atoms with van der Waals surface area (Å²) in [5.41, 5.74) is 1.77. The van der Waals surface area contributed by atoms with Crippen molar-refractivity contribution in [2.75, 3.05) is 6.61 Å². The van der Waals surface area contributed by atoms with Crippen LogP contribution in [0.1, 0.15) is 71.8 Å². The predicted molar refractivity (Wildman–Crippen MR) is 103 cm³/mol. The highest BCUT2D eigenvalue weighted by atomic mass is 16.7. The molecule has 1 aromatic rings. The van der Waals surface area contributed by atoms with E-state index in [1.165, 1.54) is 5.56 Å². The zero-order valence-electron chi connectivity index (χ0n) is 16.7. The maximum absolute atomic E-state index is 11.9. The van der Waals surface area contributed by atoms with Crippen LogP contribution in [0.5, 0.6) is 0 Å². The molecule has 2 fully saturated rings. The maximum atomic E-state index is 11.9. The minimum atomic E-state index is -0.318. The van der Waals surface area contributed by atoms with Gasteiger partial charge in [0.15, 0.2) is 0 Å². The van der Waals surface area contributed by atoms with Crippen molar-refractivity contribution in [1.29, 1.82) is 0 Å². The van der Waals surface area contributed by atoms with E-state index >= 15 is 0 Å². The predicted octanol–water partition coefficient (Wildman–Crippen LogP) is 3.82. The van der Waals surface area contributed by atoms with Gasteiger partial charge in [-0.15, -0.1) is 0 Å². The van der Waals surface area contributed by atoms with E-state index in [4.69, 9.17) is 14.0 Å². The van der Waals surface area contributed by atoms with Crippen molar-refractivity contribution < 1.29 is 18.8 Å². The number of carbonyl (C=O) groups excluding carboxylic acids is 1. The number of ether oxygens (including phenoxy) is 1. The van der Waals surface area contributed by atoms with E-state index < -0.39 is 0 Å². The Bertz CT molecular complexity index is 614. The summed E-state index contributed by atoms with van der Waals surface area (Å²) in [5.74, 6) is 0.574. The van der Waals surface area contributed by atoms with Crippen molar-refractivity contribution in [2.24, 2.45) is 5.92 Å². The molecular weight excluding hydrogens is 327 g/mol. The highest BCUT2D eigenvalue weighted by Gasteiger charge is 2.51. The second-order valence-electron chi connectivity index (χ2n) is 8.56. The van der Waals surface area contributed by atoms with Crippen molar-refractivity contribution >= 4 is 18.6 Å². The van der Waals surface area contributed by atoms with Crippen molar-refractivity contribution in [3.63, 3.8) is 0 Å². The minimum Gasteiger partial charge on any atom is -0.466 e. The van der Waals surface area contributed by atoms with Crippen LogP contribution in [0.2, 0.25) is 0 Å². The third-order valence-corrected chi connectivity index (χ3v) is 6.28. The van der Waals surface area contributed by atoms with Gasteiger partial charge in [0.05, 0.1) is 23.7 Å². The molecule has 0 spiro atoms. The fraction of sp³-hybridized carbons (Fsp3) is 0.667. The van der Waals surface area contributed by atoms with Crippen LogP contribution in [0.15, 0.2) is 24.3 Å². The Hall–Kier alpha value is -1.33. The Morgan fingerprint density at radius 1 is 1.04 bits per heavy atom. The topological polar surface area (TPSA) is 44.8 Å². The van der Waals surface area contributed by atoms with Crippen LogP contribution in [0, 0.1) is 5.92 Å². The van der Waals surface area contributed by atoms with Crippen molar-refractivity contribution in [1.82, 2.24) is 0 Å². The molecule has 1 saturated heterocycles. The molecule has 0 bridgehead atoms. The summed E-state index contributed by atoms with van der Waals surface area (Å²) < 4.78 is 17.4. The van der Waals surface area contributed by atoms with E-state index in [-0.39, 0.29) is 30.2 Å². The molecule has 1 aliphatic carbocycles. The Labute approximate surface area is 157 Å². The second-order valence-corrected chi connectivity index (χ2v) is 8.56. The van der Waals surface area contributed by atoms with Gasteiger partial charge in [-0.05, 0) is 77.2 Å². The van der Waals surface area contributed by atoms with Crippen LogP contribution in [-0.4, -0.2) is 30.9 Å². The lowest BCUT2D eigenvalue weighted by Gasteiger charge is -2.32. The Balaban J connectivity index is 1.60. The maximum Gasteiger partial charge on any atom is 0.494 e. The molecule has 1 aromatic carbocycles. The first-order valence-electron chi connectivity index (χ1n) is 9.85. The van der Waals surface area contributed by atoms with Crippen molar-refractivity contribution in [3.05, 3.63) is 29.8 Å². The van der Waals surface area contributed by atoms with Crippen LogP contribution < -0.4 is 5.46 Å². The standard InChI is InChI=1S/C21H31BO4/c1-6-24-19(23)17-9-7-15(8-10-17)16-11-13-18(14-12-16)22-25-20(2,3)21(4,5)26-22/h11-15,17H,6-10H2,1-5H3. The third kappa shape index (κ3) is 3.84. The van der Waals surface area contributed by atoms with Crippen LogP contribution >= 0.6 is 0 Å². The highest BCUT2D eigenvalue weighted by molar-refractivity contribution is 6.62. The molecule has 3 rings (SSSR count). The first kappa shape index (κ1) is 19.4. The molecule has 0 aromatic heterocycles. The van der Waals surface area contributed by atoms with Gasteiger partial charge < -0.3 is 14.0 Å². The summed E-state index contributed by atoms with van der Waals surface area (Å²) in [6.45, 7) is 10.6. The van der Waals surface area contributed by atoms with Crippen LogP contribution in [0.25, 0.3) is 0 Å². The molecule has 0 radical (unpaired) electrons. The number of hydrogen-bond acceptors (Lipinski definition) is 4.